The van der Waals surface area contributed by atoms with E-state index in [1.165, 1.54) is 12.1 Å². The van der Waals surface area contributed by atoms with Crippen LogP contribution < -0.4 is 10.9 Å². The van der Waals surface area contributed by atoms with Crippen LogP contribution in [-0.2, 0) is 22.4 Å². The topological polar surface area (TPSA) is 146 Å². The van der Waals surface area contributed by atoms with Crippen LogP contribution in [0.3, 0.4) is 0 Å². The zero-order chi connectivity index (χ0) is 29.7. The van der Waals surface area contributed by atoms with Crippen LogP contribution >= 0.6 is 11.6 Å². The lowest BCUT2D eigenvalue weighted by Crippen LogP contribution is -2.43. The van der Waals surface area contributed by atoms with Crippen LogP contribution in [0.5, 0.6) is 5.75 Å². The molecule has 0 aliphatic heterocycles. The third-order valence-electron chi connectivity index (χ3n) is 7.64. The number of halogens is 1. The minimum Gasteiger partial charge on any atom is -0.508 e. The molecule has 0 saturated carbocycles. The lowest BCUT2D eigenvalue weighted by molar-refractivity contribution is -0.141. The predicted octanol–water partition coefficient (Wildman–Crippen LogP) is 6.02. The van der Waals surface area contributed by atoms with Crippen molar-refractivity contribution in [1.82, 2.24) is 10.3 Å². The fourth-order valence-electron chi connectivity index (χ4n) is 5.41. The third kappa shape index (κ3) is 4.77. The summed E-state index contributed by atoms with van der Waals surface area (Å²) >= 11 is 6.06. The second kappa shape index (κ2) is 10.4. The van der Waals surface area contributed by atoms with E-state index in [1.54, 1.807) is 44.5 Å². The van der Waals surface area contributed by atoms with Gasteiger partial charge in [0.05, 0.1) is 18.2 Å². The van der Waals surface area contributed by atoms with Crippen molar-refractivity contribution < 1.29 is 28.6 Å². The molecule has 42 heavy (non-hydrogen) atoms. The van der Waals surface area contributed by atoms with E-state index in [2.05, 4.69) is 10.3 Å². The number of carbonyl (C=O) groups excluding carboxylic acids is 1. The van der Waals surface area contributed by atoms with Crippen molar-refractivity contribution in [2.24, 2.45) is 0 Å². The van der Waals surface area contributed by atoms with Crippen molar-refractivity contribution in [3.8, 4) is 16.9 Å². The lowest BCUT2D eigenvalue weighted by atomic mass is 9.97. The summed E-state index contributed by atoms with van der Waals surface area (Å²) in [6.45, 7) is 3.54. The van der Waals surface area contributed by atoms with Crippen molar-refractivity contribution in [2.45, 2.75) is 32.7 Å². The Balaban J connectivity index is 1.32. The van der Waals surface area contributed by atoms with Gasteiger partial charge in [-0.15, -0.1) is 0 Å². The molecule has 0 radical (unpaired) electrons. The summed E-state index contributed by atoms with van der Waals surface area (Å²) in [5.41, 5.74) is 4.68. The first-order chi connectivity index (χ1) is 20.1. The molecule has 1 atom stereocenters. The zero-order valence-electron chi connectivity index (χ0n) is 22.6. The number of aryl methyl sites for hydroxylation is 2. The number of aromatic nitrogens is 1. The molecule has 10 heteroatoms. The van der Waals surface area contributed by atoms with E-state index in [0.29, 0.717) is 43.7 Å². The number of benzene rings is 3. The number of hydrogen-bond donors (Lipinski definition) is 4. The molecule has 3 heterocycles. The van der Waals surface area contributed by atoms with Gasteiger partial charge in [-0.25, -0.2) is 9.59 Å². The van der Waals surface area contributed by atoms with Gasteiger partial charge in [0.2, 0.25) is 5.91 Å². The standard InChI is InChI=1S/C32H25ClN2O7/c1-15-21-11-24-25(17-3-5-19(33)6-4-17)14-41-29(24)16(2)30(21)42-32(40)22(15)12-28(37)35-27(31(38)39)9-18-13-34-26-8-7-20(36)10-23(18)26/h3-8,10-11,13-14,27,34,36H,9,12H2,1-2H3,(H,35,37)(H,38,39). The van der Waals surface area contributed by atoms with Crippen LogP contribution in [0.15, 0.2) is 74.6 Å². The van der Waals surface area contributed by atoms with Gasteiger partial charge in [0.25, 0.3) is 0 Å². The number of carboxylic acid groups (broad SMARTS) is 1. The number of carboxylic acids is 1. The molecular weight excluding hydrogens is 560 g/mol. The molecule has 0 spiro atoms. The van der Waals surface area contributed by atoms with Crippen LogP contribution in [0, 0.1) is 13.8 Å². The number of carbonyl (C=O) groups is 2. The Labute approximate surface area is 243 Å². The first kappa shape index (κ1) is 27.2. The number of fused-ring (bicyclic) bond motifs is 3. The van der Waals surface area contributed by atoms with Gasteiger partial charge in [-0.2, -0.15) is 0 Å². The van der Waals surface area contributed by atoms with Gasteiger partial charge in [0, 0.05) is 50.4 Å². The van der Waals surface area contributed by atoms with E-state index in [0.717, 1.165) is 22.0 Å². The number of aromatic amines is 1. The molecule has 0 fully saturated rings. The van der Waals surface area contributed by atoms with Gasteiger partial charge >= 0.3 is 11.6 Å². The molecule has 1 amide bonds. The van der Waals surface area contributed by atoms with E-state index >= 15 is 0 Å². The highest BCUT2D eigenvalue weighted by atomic mass is 35.5. The molecule has 212 valence electrons. The van der Waals surface area contributed by atoms with E-state index in [4.69, 9.17) is 20.4 Å². The monoisotopic (exact) mass is 584 g/mol. The molecule has 0 bridgehead atoms. The van der Waals surface area contributed by atoms with E-state index in [-0.39, 0.29) is 24.2 Å². The van der Waals surface area contributed by atoms with Crippen molar-refractivity contribution >= 4 is 56.3 Å². The Morgan fingerprint density at radius 3 is 2.50 bits per heavy atom. The lowest BCUT2D eigenvalue weighted by Gasteiger charge is -2.15. The maximum atomic E-state index is 13.1. The number of phenols is 1. The molecule has 0 aliphatic carbocycles. The molecule has 4 N–H and O–H groups in total. The molecule has 3 aromatic heterocycles. The first-order valence-corrected chi connectivity index (χ1v) is 13.5. The number of aliphatic carboxylic acids is 1. The molecule has 0 saturated heterocycles. The fourth-order valence-corrected chi connectivity index (χ4v) is 5.54. The van der Waals surface area contributed by atoms with Gasteiger partial charge in [-0.3, -0.25) is 4.79 Å². The second-order valence-corrected chi connectivity index (χ2v) is 10.7. The molecule has 9 nitrogen and oxygen atoms in total. The maximum Gasteiger partial charge on any atom is 0.340 e. The number of nitrogens with one attached hydrogen (secondary N) is 2. The number of aromatic hydroxyl groups is 1. The second-order valence-electron chi connectivity index (χ2n) is 10.3. The quantitative estimate of drug-likeness (QED) is 0.168. The number of H-pyrrole nitrogens is 1. The minimum atomic E-state index is -1.26. The largest absolute Gasteiger partial charge is 0.508 e. The van der Waals surface area contributed by atoms with E-state index < -0.39 is 23.5 Å². The fraction of sp³-hybridized carbons (Fsp3) is 0.156. The summed E-state index contributed by atoms with van der Waals surface area (Å²) in [4.78, 5) is 41.2. The number of phenolic OH excluding ortho intramolecular Hbond substituents is 1. The van der Waals surface area contributed by atoms with Crippen molar-refractivity contribution in [3.63, 3.8) is 0 Å². The molecule has 1 unspecified atom stereocenters. The van der Waals surface area contributed by atoms with Crippen molar-refractivity contribution in [2.75, 3.05) is 0 Å². The van der Waals surface area contributed by atoms with Crippen molar-refractivity contribution in [1.29, 1.82) is 0 Å². The number of amides is 1. The summed E-state index contributed by atoms with van der Waals surface area (Å²) in [6, 6.07) is 12.7. The van der Waals surface area contributed by atoms with Crippen LogP contribution in [0.1, 0.15) is 22.3 Å². The number of hydrogen-bond acceptors (Lipinski definition) is 6. The average molecular weight is 585 g/mol. The Hall–Kier alpha value is -5.02. The number of rotatable bonds is 7. The Morgan fingerprint density at radius 2 is 1.76 bits per heavy atom. The Bertz CT molecular complexity index is 2090. The van der Waals surface area contributed by atoms with Gasteiger partial charge in [-0.05, 0) is 66.9 Å². The highest BCUT2D eigenvalue weighted by Crippen LogP contribution is 2.37. The average Bonchev–Trinajstić information content (AvgIpc) is 3.56. The van der Waals surface area contributed by atoms with Crippen LogP contribution in [0.25, 0.3) is 44.0 Å². The summed E-state index contributed by atoms with van der Waals surface area (Å²) in [7, 11) is 0. The summed E-state index contributed by atoms with van der Waals surface area (Å²) in [6.07, 6.45) is 2.89. The number of furan rings is 1. The molecule has 6 rings (SSSR count). The Kier molecular flexibility index (Phi) is 6.74. The molecule has 3 aromatic carbocycles. The summed E-state index contributed by atoms with van der Waals surface area (Å²) in [5.74, 6) is -1.82. The molecule has 0 aliphatic rings. The van der Waals surface area contributed by atoms with Gasteiger partial charge < -0.3 is 29.3 Å². The smallest absolute Gasteiger partial charge is 0.340 e. The van der Waals surface area contributed by atoms with Gasteiger partial charge in [-0.1, -0.05) is 23.7 Å². The van der Waals surface area contributed by atoms with E-state index in [1.807, 2.05) is 18.2 Å². The van der Waals surface area contributed by atoms with Crippen LogP contribution in [-0.4, -0.2) is 33.1 Å². The minimum absolute atomic E-state index is 0.0268. The van der Waals surface area contributed by atoms with Gasteiger partial charge in [0.15, 0.2) is 0 Å². The highest BCUT2D eigenvalue weighted by molar-refractivity contribution is 6.30. The summed E-state index contributed by atoms with van der Waals surface area (Å²) in [5, 5.41) is 24.9. The third-order valence-corrected chi connectivity index (χ3v) is 7.89. The summed E-state index contributed by atoms with van der Waals surface area (Å²) < 4.78 is 11.5. The molecular formula is C32H25ClN2O7. The normalized spacial score (nSPS) is 12.3. The first-order valence-electron chi connectivity index (χ1n) is 13.1. The van der Waals surface area contributed by atoms with E-state index in [9.17, 15) is 24.6 Å². The maximum absolute atomic E-state index is 13.1. The SMILES string of the molecule is Cc1c(CC(=O)NC(Cc2c[nH]c3ccc(O)cc23)C(=O)O)c(=O)oc2c(C)c3occ(-c4ccc(Cl)cc4)c3cc12. The predicted molar refractivity (Wildman–Crippen MR) is 159 cm³/mol. The van der Waals surface area contributed by atoms with Crippen molar-refractivity contribution in [3.05, 3.63) is 98.7 Å². The highest BCUT2D eigenvalue weighted by Gasteiger charge is 2.25. The van der Waals surface area contributed by atoms with Crippen LogP contribution in [0.4, 0.5) is 0 Å². The zero-order valence-corrected chi connectivity index (χ0v) is 23.3. The van der Waals surface area contributed by atoms with Crippen LogP contribution in [0.2, 0.25) is 5.02 Å². The Morgan fingerprint density at radius 1 is 1.00 bits per heavy atom. The van der Waals surface area contributed by atoms with Gasteiger partial charge in [0.1, 0.15) is 23.0 Å². The molecule has 6 aromatic rings.